The van der Waals surface area contributed by atoms with Gasteiger partial charge in [0.1, 0.15) is 12.4 Å². The van der Waals surface area contributed by atoms with Crippen molar-refractivity contribution < 1.29 is 23.8 Å². The summed E-state index contributed by atoms with van der Waals surface area (Å²) in [6, 6.07) is 10.8. The summed E-state index contributed by atoms with van der Waals surface area (Å²) in [5, 5.41) is 1.04. The van der Waals surface area contributed by atoms with Crippen molar-refractivity contribution >= 4 is 39.4 Å². The molecular weight excluding hydrogens is 388 g/mol. The largest absolute Gasteiger partial charge is 0.466 e. The van der Waals surface area contributed by atoms with Gasteiger partial charge in [0, 0.05) is 16.3 Å². The van der Waals surface area contributed by atoms with Crippen molar-refractivity contribution in [2.75, 3.05) is 32.5 Å². The Kier molecular flexibility index (Phi) is 5.01. The van der Waals surface area contributed by atoms with Crippen LogP contribution < -0.4 is 10.3 Å². The molecule has 154 valence electrons. The van der Waals surface area contributed by atoms with Crippen LogP contribution in [0.25, 0.3) is 21.8 Å². The Labute approximate surface area is 171 Å². The van der Waals surface area contributed by atoms with E-state index in [4.69, 9.17) is 14.2 Å². The minimum atomic E-state index is -0.700. The van der Waals surface area contributed by atoms with Gasteiger partial charge in [-0.15, -0.1) is 0 Å². The number of aromatic nitrogens is 1. The minimum absolute atomic E-state index is 0.00198. The summed E-state index contributed by atoms with van der Waals surface area (Å²) in [7, 11) is 2.46. The third-order valence-corrected chi connectivity index (χ3v) is 5.09. The highest BCUT2D eigenvalue weighted by molar-refractivity contribution is 6.06. The number of rotatable bonds is 3. The van der Waals surface area contributed by atoms with Crippen molar-refractivity contribution in [3.05, 3.63) is 63.5 Å². The summed E-state index contributed by atoms with van der Waals surface area (Å²) >= 11 is 0. The van der Waals surface area contributed by atoms with Crippen molar-refractivity contribution in [3.8, 4) is 0 Å². The Morgan fingerprint density at radius 2 is 1.83 bits per heavy atom. The zero-order valence-electron chi connectivity index (χ0n) is 16.8. The molecule has 3 aromatic rings. The molecule has 0 atom stereocenters. The molecule has 0 radical (unpaired) electrons. The predicted octanol–water partition coefficient (Wildman–Crippen LogP) is 2.38. The second-order valence-corrected chi connectivity index (χ2v) is 6.92. The molecule has 8 nitrogen and oxygen atoms in total. The van der Waals surface area contributed by atoms with Crippen LogP contribution in [0.3, 0.4) is 0 Å². The standard InChI is InChI=1S/C22H20N2O6/c1-12-7-8-16-14(9-12)20(25)13-5-4-6-17(18(13)23-16)24-11-30-10-15(21(26)28-2)19(24)22(27)29-3/h4-9H,10-11H2,1-3H3,(H,23,25). The topological polar surface area (TPSA) is 97.9 Å². The van der Waals surface area contributed by atoms with Crippen molar-refractivity contribution in [1.82, 2.24) is 4.98 Å². The maximum absolute atomic E-state index is 13.1. The number of carbonyl (C=O) groups excluding carboxylic acids is 2. The van der Waals surface area contributed by atoms with E-state index in [1.165, 1.54) is 19.1 Å². The van der Waals surface area contributed by atoms with Crippen LogP contribution in [0.15, 0.2) is 52.5 Å². The monoisotopic (exact) mass is 408 g/mol. The predicted molar refractivity (Wildman–Crippen MR) is 111 cm³/mol. The van der Waals surface area contributed by atoms with Gasteiger partial charge in [-0.25, -0.2) is 9.59 Å². The minimum Gasteiger partial charge on any atom is -0.466 e. The number of nitrogens with zero attached hydrogens (tertiary/aromatic N) is 1. The molecule has 0 spiro atoms. The van der Waals surface area contributed by atoms with Crippen LogP contribution >= 0.6 is 0 Å². The van der Waals surface area contributed by atoms with E-state index < -0.39 is 11.9 Å². The summed E-state index contributed by atoms with van der Waals surface area (Å²) in [5.41, 5.74) is 2.62. The van der Waals surface area contributed by atoms with Gasteiger partial charge in [-0.05, 0) is 31.2 Å². The zero-order valence-corrected chi connectivity index (χ0v) is 16.8. The fourth-order valence-electron chi connectivity index (χ4n) is 3.65. The molecule has 0 amide bonds. The maximum atomic E-state index is 13.1. The molecule has 1 N–H and O–H groups in total. The van der Waals surface area contributed by atoms with Crippen molar-refractivity contribution in [2.24, 2.45) is 0 Å². The molecule has 0 saturated carbocycles. The molecule has 30 heavy (non-hydrogen) atoms. The van der Waals surface area contributed by atoms with Gasteiger partial charge in [0.05, 0.1) is 37.6 Å². The number of hydrogen-bond donors (Lipinski definition) is 1. The molecule has 0 fully saturated rings. The Morgan fingerprint density at radius 3 is 2.57 bits per heavy atom. The lowest BCUT2D eigenvalue weighted by Gasteiger charge is -2.31. The summed E-state index contributed by atoms with van der Waals surface area (Å²) in [6.07, 6.45) is 0. The van der Waals surface area contributed by atoms with Gasteiger partial charge in [0.25, 0.3) is 0 Å². The SMILES string of the molecule is COC(=O)C1=C(C(=O)OC)N(c2cccc3c(=O)c4cc(C)ccc4[nH]c23)COC1. The molecule has 2 heterocycles. The summed E-state index contributed by atoms with van der Waals surface area (Å²) < 4.78 is 15.3. The van der Waals surface area contributed by atoms with Crippen LogP contribution in [0, 0.1) is 6.92 Å². The Morgan fingerprint density at radius 1 is 1.07 bits per heavy atom. The zero-order chi connectivity index (χ0) is 21.4. The lowest BCUT2D eigenvalue weighted by atomic mass is 10.1. The number of para-hydroxylation sites is 1. The van der Waals surface area contributed by atoms with Crippen molar-refractivity contribution in [2.45, 2.75) is 6.92 Å². The highest BCUT2D eigenvalue weighted by Crippen LogP contribution is 2.32. The van der Waals surface area contributed by atoms with E-state index in [2.05, 4.69) is 4.98 Å². The maximum Gasteiger partial charge on any atom is 0.355 e. The van der Waals surface area contributed by atoms with E-state index in [0.717, 1.165) is 5.56 Å². The Bertz CT molecular complexity index is 1270. The highest BCUT2D eigenvalue weighted by atomic mass is 16.5. The fourth-order valence-corrected chi connectivity index (χ4v) is 3.65. The smallest absolute Gasteiger partial charge is 0.355 e. The number of fused-ring (bicyclic) bond motifs is 2. The molecule has 1 aliphatic rings. The van der Waals surface area contributed by atoms with Gasteiger partial charge in [0.2, 0.25) is 0 Å². The van der Waals surface area contributed by atoms with Crippen LogP contribution in [-0.4, -0.2) is 44.5 Å². The highest BCUT2D eigenvalue weighted by Gasteiger charge is 2.33. The third-order valence-electron chi connectivity index (χ3n) is 5.09. The van der Waals surface area contributed by atoms with Gasteiger partial charge in [-0.2, -0.15) is 0 Å². The number of esters is 2. The van der Waals surface area contributed by atoms with Crippen LogP contribution in [-0.2, 0) is 23.8 Å². The second-order valence-electron chi connectivity index (χ2n) is 6.92. The first-order chi connectivity index (χ1) is 14.5. The Balaban J connectivity index is 2.01. The molecular formula is C22H20N2O6. The van der Waals surface area contributed by atoms with E-state index in [1.54, 1.807) is 18.2 Å². The average molecular weight is 408 g/mol. The number of aromatic amines is 1. The van der Waals surface area contributed by atoms with E-state index in [-0.39, 0.29) is 30.0 Å². The number of nitrogens with one attached hydrogen (secondary N) is 1. The number of carbonyl (C=O) groups is 2. The fraction of sp³-hybridized carbons (Fsp3) is 0.227. The number of pyridine rings is 1. The molecule has 0 saturated heterocycles. The van der Waals surface area contributed by atoms with E-state index in [1.807, 2.05) is 25.1 Å². The molecule has 8 heteroatoms. The summed E-state index contributed by atoms with van der Waals surface area (Å²) in [6.45, 7) is 1.83. The lowest BCUT2D eigenvalue weighted by molar-refractivity contribution is -0.140. The normalized spacial score (nSPS) is 14.3. The number of methoxy groups -OCH3 is 2. The molecule has 0 bridgehead atoms. The van der Waals surface area contributed by atoms with E-state index >= 15 is 0 Å². The molecule has 2 aromatic carbocycles. The quantitative estimate of drug-likeness (QED) is 0.525. The van der Waals surface area contributed by atoms with Gasteiger partial charge < -0.3 is 24.1 Å². The Hall–Kier alpha value is -3.65. The van der Waals surface area contributed by atoms with E-state index in [0.29, 0.717) is 27.5 Å². The molecule has 1 aliphatic heterocycles. The average Bonchev–Trinajstić information content (AvgIpc) is 2.78. The summed E-state index contributed by atoms with van der Waals surface area (Å²) in [5.74, 6) is -1.38. The van der Waals surface area contributed by atoms with Crippen molar-refractivity contribution in [1.29, 1.82) is 0 Å². The lowest BCUT2D eigenvalue weighted by Crippen LogP contribution is -2.39. The van der Waals surface area contributed by atoms with Crippen LogP contribution in [0.1, 0.15) is 5.56 Å². The van der Waals surface area contributed by atoms with Crippen molar-refractivity contribution in [3.63, 3.8) is 0 Å². The van der Waals surface area contributed by atoms with Gasteiger partial charge in [-0.3, -0.25) is 4.79 Å². The van der Waals surface area contributed by atoms with Gasteiger partial charge >= 0.3 is 11.9 Å². The summed E-state index contributed by atoms with van der Waals surface area (Å²) in [4.78, 5) is 42.7. The molecule has 0 unspecified atom stereocenters. The second kappa shape index (κ2) is 7.64. The van der Waals surface area contributed by atoms with Crippen LogP contribution in [0.4, 0.5) is 5.69 Å². The number of benzene rings is 2. The van der Waals surface area contributed by atoms with Gasteiger partial charge in [-0.1, -0.05) is 17.7 Å². The molecule has 4 rings (SSSR count). The number of anilines is 1. The number of aryl methyl sites for hydroxylation is 1. The number of H-pyrrole nitrogens is 1. The van der Waals surface area contributed by atoms with Gasteiger partial charge in [0.15, 0.2) is 5.43 Å². The first-order valence-corrected chi connectivity index (χ1v) is 9.26. The van der Waals surface area contributed by atoms with E-state index in [9.17, 15) is 14.4 Å². The molecule has 0 aliphatic carbocycles. The number of hydrogen-bond acceptors (Lipinski definition) is 7. The first-order valence-electron chi connectivity index (χ1n) is 9.26. The number of ether oxygens (including phenoxy) is 3. The van der Waals surface area contributed by atoms with Crippen LogP contribution in [0.5, 0.6) is 0 Å². The third kappa shape index (κ3) is 3.11. The first kappa shape index (κ1) is 19.7. The molecule has 1 aromatic heterocycles. The van der Waals surface area contributed by atoms with Crippen LogP contribution in [0.2, 0.25) is 0 Å².